The molecule has 1 saturated heterocycles. The van der Waals surface area contributed by atoms with Crippen molar-refractivity contribution >= 4 is 22.9 Å². The number of amides is 2. The van der Waals surface area contributed by atoms with Crippen LogP contribution >= 0.6 is 11.8 Å². The minimum atomic E-state index is -0.428. The zero-order chi connectivity index (χ0) is 27.2. The lowest BCUT2D eigenvalue weighted by Crippen LogP contribution is -2.26. The van der Waals surface area contributed by atoms with Crippen LogP contribution in [0.4, 0.5) is 4.79 Å². The Kier molecular flexibility index (Phi) is 8.81. The summed E-state index contributed by atoms with van der Waals surface area (Å²) in [4.78, 5) is 23.8. The van der Waals surface area contributed by atoms with Crippen LogP contribution in [0.1, 0.15) is 41.3 Å². The Morgan fingerprint density at radius 3 is 2.08 bits per heavy atom. The number of hydrogen-bond donors (Lipinski definition) is 2. The average Bonchev–Trinajstić information content (AvgIpc) is 3.26. The molecule has 38 heavy (non-hydrogen) atoms. The van der Waals surface area contributed by atoms with E-state index < -0.39 is 5.25 Å². The molecule has 9 heteroatoms. The molecular weight excluding hydrogens is 504 g/mol. The second kappa shape index (κ2) is 12.2. The van der Waals surface area contributed by atoms with Gasteiger partial charge in [-0.05, 0) is 59.9 Å². The zero-order valence-electron chi connectivity index (χ0n) is 22.1. The van der Waals surface area contributed by atoms with Crippen LogP contribution in [0.15, 0.2) is 60.7 Å². The van der Waals surface area contributed by atoms with Gasteiger partial charge in [-0.2, -0.15) is 0 Å². The van der Waals surface area contributed by atoms with Crippen LogP contribution in [-0.2, 0) is 11.2 Å². The standard InChI is InChI=1S/C29H32N2O6S/c1-17(21-15-23(35-3)27(37-5)24(16-21)36-4)30-26(19-9-11-22(34-2)12-10-19)20-8-6-7-18(13-20)14-25-28(32)31-29(33)38-25/h6-13,15-17,25-26,30H,14H2,1-5H3,(H,31,32,33). The second-order valence-corrected chi connectivity index (χ2v) is 10.1. The van der Waals surface area contributed by atoms with E-state index in [0.717, 1.165) is 39.8 Å². The first-order valence-corrected chi connectivity index (χ1v) is 13.0. The van der Waals surface area contributed by atoms with Crippen LogP contribution < -0.4 is 29.6 Å². The van der Waals surface area contributed by atoms with Crippen molar-refractivity contribution in [2.75, 3.05) is 28.4 Å². The van der Waals surface area contributed by atoms with E-state index in [-0.39, 0.29) is 23.2 Å². The molecule has 0 aromatic heterocycles. The molecule has 8 nitrogen and oxygen atoms in total. The van der Waals surface area contributed by atoms with Crippen molar-refractivity contribution in [3.05, 3.63) is 82.9 Å². The number of carbonyl (C=O) groups excluding carboxylic acids is 2. The summed E-state index contributed by atoms with van der Waals surface area (Å²) in [6.45, 7) is 2.08. The molecule has 0 aliphatic carbocycles. The van der Waals surface area contributed by atoms with E-state index in [1.807, 2.05) is 48.5 Å². The van der Waals surface area contributed by atoms with E-state index in [1.165, 1.54) is 0 Å². The molecule has 2 N–H and O–H groups in total. The Balaban J connectivity index is 1.67. The van der Waals surface area contributed by atoms with E-state index in [1.54, 1.807) is 28.4 Å². The summed E-state index contributed by atoms with van der Waals surface area (Å²) in [5.41, 5.74) is 4.02. The Hall–Kier alpha value is -3.69. The lowest BCUT2D eigenvalue weighted by Gasteiger charge is -2.26. The van der Waals surface area contributed by atoms with E-state index in [2.05, 4.69) is 29.7 Å². The van der Waals surface area contributed by atoms with Crippen molar-refractivity contribution in [2.24, 2.45) is 0 Å². The molecule has 3 aromatic rings. The van der Waals surface area contributed by atoms with Gasteiger partial charge in [0.25, 0.3) is 5.24 Å². The molecule has 0 radical (unpaired) electrons. The first-order chi connectivity index (χ1) is 18.4. The third-order valence-corrected chi connectivity index (χ3v) is 7.51. The Labute approximate surface area is 227 Å². The maximum Gasteiger partial charge on any atom is 0.286 e. The molecule has 1 fully saturated rings. The predicted molar refractivity (Wildman–Crippen MR) is 148 cm³/mol. The van der Waals surface area contributed by atoms with E-state index in [9.17, 15) is 9.59 Å². The van der Waals surface area contributed by atoms with Crippen LogP contribution in [0.3, 0.4) is 0 Å². The van der Waals surface area contributed by atoms with Crippen molar-refractivity contribution in [1.29, 1.82) is 0 Å². The van der Waals surface area contributed by atoms with Gasteiger partial charge < -0.3 is 18.9 Å². The summed E-state index contributed by atoms with van der Waals surface area (Å²) in [5.74, 6) is 2.23. The lowest BCUT2D eigenvalue weighted by atomic mass is 9.94. The highest BCUT2D eigenvalue weighted by Crippen LogP contribution is 2.40. The van der Waals surface area contributed by atoms with Gasteiger partial charge in [-0.3, -0.25) is 20.2 Å². The molecule has 0 spiro atoms. The largest absolute Gasteiger partial charge is 0.497 e. The normalized spacial score (nSPS) is 16.5. The first-order valence-electron chi connectivity index (χ1n) is 12.2. The molecule has 1 aliphatic heterocycles. The van der Waals surface area contributed by atoms with Gasteiger partial charge in [-0.1, -0.05) is 48.2 Å². The van der Waals surface area contributed by atoms with Gasteiger partial charge in [0.15, 0.2) is 11.5 Å². The first kappa shape index (κ1) is 27.3. The Morgan fingerprint density at radius 1 is 0.842 bits per heavy atom. The number of rotatable bonds is 11. The van der Waals surface area contributed by atoms with Crippen molar-refractivity contribution in [3.63, 3.8) is 0 Å². The molecule has 200 valence electrons. The third kappa shape index (κ3) is 6.06. The van der Waals surface area contributed by atoms with Gasteiger partial charge in [-0.25, -0.2) is 0 Å². The van der Waals surface area contributed by atoms with Crippen LogP contribution in [0.2, 0.25) is 0 Å². The molecule has 0 saturated carbocycles. The fraction of sp³-hybridized carbons (Fsp3) is 0.310. The average molecular weight is 537 g/mol. The lowest BCUT2D eigenvalue weighted by molar-refractivity contribution is -0.118. The minimum Gasteiger partial charge on any atom is -0.497 e. The number of imide groups is 1. The summed E-state index contributed by atoms with van der Waals surface area (Å²) < 4.78 is 22.0. The number of thioether (sulfide) groups is 1. The molecule has 2 amide bonds. The quantitative estimate of drug-likeness (QED) is 0.351. The molecule has 0 bridgehead atoms. The summed E-state index contributed by atoms with van der Waals surface area (Å²) >= 11 is 1.04. The van der Waals surface area contributed by atoms with Crippen molar-refractivity contribution in [1.82, 2.24) is 10.6 Å². The smallest absolute Gasteiger partial charge is 0.286 e. The summed E-state index contributed by atoms with van der Waals surface area (Å²) in [6.07, 6.45) is 0.466. The van der Waals surface area contributed by atoms with E-state index in [0.29, 0.717) is 23.7 Å². The van der Waals surface area contributed by atoms with Crippen LogP contribution in [0.25, 0.3) is 0 Å². The molecule has 3 aromatic carbocycles. The van der Waals surface area contributed by atoms with Crippen molar-refractivity contribution < 1.29 is 28.5 Å². The van der Waals surface area contributed by atoms with Crippen LogP contribution in [0.5, 0.6) is 23.0 Å². The minimum absolute atomic E-state index is 0.103. The molecule has 3 atom stereocenters. The molecule has 4 rings (SSSR count). The molecule has 3 unspecified atom stereocenters. The number of hydrogen-bond acceptors (Lipinski definition) is 8. The number of carbonyl (C=O) groups is 2. The van der Waals surface area contributed by atoms with Crippen LogP contribution in [-0.4, -0.2) is 44.8 Å². The van der Waals surface area contributed by atoms with Gasteiger partial charge in [0.05, 0.1) is 39.7 Å². The number of ether oxygens (including phenoxy) is 4. The van der Waals surface area contributed by atoms with Crippen LogP contribution in [0, 0.1) is 0 Å². The summed E-state index contributed by atoms with van der Waals surface area (Å²) in [5, 5.41) is 5.39. The Morgan fingerprint density at radius 2 is 1.53 bits per heavy atom. The highest BCUT2D eigenvalue weighted by molar-refractivity contribution is 8.15. The zero-order valence-corrected chi connectivity index (χ0v) is 22.9. The third-order valence-electron chi connectivity index (χ3n) is 6.53. The fourth-order valence-electron chi connectivity index (χ4n) is 4.52. The summed E-state index contributed by atoms with van der Waals surface area (Å²) in [6, 6.07) is 19.6. The maximum atomic E-state index is 12.1. The Bertz CT molecular complexity index is 1270. The van der Waals surface area contributed by atoms with Crippen molar-refractivity contribution in [2.45, 2.75) is 30.7 Å². The van der Waals surface area contributed by atoms with E-state index in [4.69, 9.17) is 18.9 Å². The molecule has 1 aliphatic rings. The van der Waals surface area contributed by atoms with Crippen molar-refractivity contribution in [3.8, 4) is 23.0 Å². The topological polar surface area (TPSA) is 95.1 Å². The monoisotopic (exact) mass is 536 g/mol. The highest BCUT2D eigenvalue weighted by Gasteiger charge is 2.31. The number of nitrogens with one attached hydrogen (secondary N) is 2. The fourth-order valence-corrected chi connectivity index (χ4v) is 5.38. The van der Waals surface area contributed by atoms with Gasteiger partial charge in [0.1, 0.15) is 5.75 Å². The van der Waals surface area contributed by atoms with E-state index >= 15 is 0 Å². The van der Waals surface area contributed by atoms with Gasteiger partial charge in [0.2, 0.25) is 11.7 Å². The van der Waals surface area contributed by atoms with Gasteiger partial charge in [0, 0.05) is 6.04 Å². The second-order valence-electron chi connectivity index (χ2n) is 8.89. The SMILES string of the molecule is COc1ccc(C(NC(C)c2cc(OC)c(OC)c(OC)c2)c2cccc(CC3SC(=O)NC3=O)c2)cc1. The molecule has 1 heterocycles. The predicted octanol–water partition coefficient (Wildman–Crippen LogP) is 5.06. The number of benzene rings is 3. The maximum absolute atomic E-state index is 12.1. The van der Waals surface area contributed by atoms with Gasteiger partial charge in [-0.15, -0.1) is 0 Å². The number of methoxy groups -OCH3 is 4. The highest BCUT2D eigenvalue weighted by atomic mass is 32.2. The molecular formula is C29H32N2O6S. The summed E-state index contributed by atoms with van der Waals surface area (Å²) in [7, 11) is 6.42. The van der Waals surface area contributed by atoms with Gasteiger partial charge >= 0.3 is 0 Å².